The highest BCUT2D eigenvalue weighted by Gasteiger charge is 2.30. The van der Waals surface area contributed by atoms with E-state index in [1.807, 2.05) is 12.1 Å². The van der Waals surface area contributed by atoms with E-state index in [-0.39, 0.29) is 6.10 Å². The number of hydrogen-bond acceptors (Lipinski definition) is 1. The minimum atomic E-state index is -0.260. The van der Waals surface area contributed by atoms with Gasteiger partial charge in [-0.3, -0.25) is 0 Å². The van der Waals surface area contributed by atoms with Crippen molar-refractivity contribution in [2.24, 2.45) is 11.8 Å². The highest BCUT2D eigenvalue weighted by molar-refractivity contribution is 5.28. The second kappa shape index (κ2) is 4.36. The van der Waals surface area contributed by atoms with E-state index in [0.29, 0.717) is 11.8 Å². The molecule has 1 aromatic carbocycles. The van der Waals surface area contributed by atoms with Gasteiger partial charge in [0.25, 0.3) is 0 Å². The Morgan fingerprint density at radius 2 is 2.00 bits per heavy atom. The first kappa shape index (κ1) is 10.7. The van der Waals surface area contributed by atoms with E-state index in [1.165, 1.54) is 24.8 Å². The van der Waals surface area contributed by atoms with E-state index >= 15 is 0 Å². The summed E-state index contributed by atoms with van der Waals surface area (Å²) in [6, 6.07) is 8.19. The standard InChI is InChI=1S/C14H20O/c1-10-6-3-4-8-12(10)14(15)13-9-5-7-11(13)2/h3-4,6,8,11,13-15H,5,7,9H2,1-2H3. The zero-order valence-corrected chi connectivity index (χ0v) is 9.61. The molecule has 1 aliphatic rings. The maximum absolute atomic E-state index is 10.4. The fourth-order valence-corrected chi connectivity index (χ4v) is 2.79. The Bertz CT molecular complexity index is 332. The van der Waals surface area contributed by atoms with Crippen molar-refractivity contribution < 1.29 is 5.11 Å². The maximum atomic E-state index is 10.4. The van der Waals surface area contributed by atoms with E-state index < -0.39 is 0 Å². The van der Waals surface area contributed by atoms with Crippen LogP contribution in [-0.2, 0) is 0 Å². The fraction of sp³-hybridized carbons (Fsp3) is 0.571. The molecule has 3 atom stereocenters. The number of benzene rings is 1. The Balaban J connectivity index is 2.20. The van der Waals surface area contributed by atoms with Gasteiger partial charge in [0.15, 0.2) is 0 Å². The summed E-state index contributed by atoms with van der Waals surface area (Å²) in [5, 5.41) is 10.4. The van der Waals surface area contributed by atoms with Crippen LogP contribution in [0.3, 0.4) is 0 Å². The molecule has 0 bridgehead atoms. The van der Waals surface area contributed by atoms with Gasteiger partial charge >= 0.3 is 0 Å². The lowest BCUT2D eigenvalue weighted by atomic mass is 9.86. The smallest absolute Gasteiger partial charge is 0.0823 e. The maximum Gasteiger partial charge on any atom is 0.0823 e. The Hall–Kier alpha value is -0.820. The van der Waals surface area contributed by atoms with Crippen LogP contribution in [0.15, 0.2) is 24.3 Å². The van der Waals surface area contributed by atoms with Gasteiger partial charge in [-0.15, -0.1) is 0 Å². The molecule has 0 radical (unpaired) electrons. The molecule has 0 heterocycles. The van der Waals surface area contributed by atoms with Crippen LogP contribution >= 0.6 is 0 Å². The number of rotatable bonds is 2. The third-order valence-corrected chi connectivity index (χ3v) is 3.84. The van der Waals surface area contributed by atoms with Gasteiger partial charge < -0.3 is 5.11 Å². The largest absolute Gasteiger partial charge is 0.388 e. The third kappa shape index (κ3) is 2.07. The van der Waals surface area contributed by atoms with Gasteiger partial charge in [0.1, 0.15) is 0 Å². The summed E-state index contributed by atoms with van der Waals surface area (Å²) in [7, 11) is 0. The molecule has 82 valence electrons. The summed E-state index contributed by atoms with van der Waals surface area (Å²) in [5.41, 5.74) is 2.33. The van der Waals surface area contributed by atoms with E-state index in [1.54, 1.807) is 0 Å². The topological polar surface area (TPSA) is 20.2 Å². The predicted molar refractivity (Wildman–Crippen MR) is 62.6 cm³/mol. The summed E-state index contributed by atoms with van der Waals surface area (Å²) < 4.78 is 0. The first-order valence-corrected chi connectivity index (χ1v) is 5.93. The van der Waals surface area contributed by atoms with Crippen molar-refractivity contribution in [3.05, 3.63) is 35.4 Å². The van der Waals surface area contributed by atoms with Crippen LogP contribution in [0.1, 0.15) is 43.4 Å². The van der Waals surface area contributed by atoms with E-state index in [9.17, 15) is 5.11 Å². The van der Waals surface area contributed by atoms with Crippen molar-refractivity contribution in [2.75, 3.05) is 0 Å². The zero-order chi connectivity index (χ0) is 10.8. The van der Waals surface area contributed by atoms with Crippen LogP contribution in [-0.4, -0.2) is 5.11 Å². The van der Waals surface area contributed by atoms with Crippen molar-refractivity contribution >= 4 is 0 Å². The molecule has 1 nitrogen and oxygen atoms in total. The van der Waals surface area contributed by atoms with Crippen LogP contribution in [0.2, 0.25) is 0 Å². The predicted octanol–water partition coefficient (Wildman–Crippen LogP) is 3.46. The SMILES string of the molecule is Cc1ccccc1C(O)C1CCCC1C. The third-order valence-electron chi connectivity index (χ3n) is 3.84. The molecule has 1 aliphatic carbocycles. The Kier molecular flexibility index (Phi) is 3.11. The van der Waals surface area contributed by atoms with Crippen molar-refractivity contribution in [1.82, 2.24) is 0 Å². The van der Waals surface area contributed by atoms with Crippen LogP contribution in [0.4, 0.5) is 0 Å². The number of hydrogen-bond donors (Lipinski definition) is 1. The molecule has 3 unspecified atom stereocenters. The van der Waals surface area contributed by atoms with E-state index in [0.717, 1.165) is 5.56 Å². The van der Waals surface area contributed by atoms with Gasteiger partial charge in [0.2, 0.25) is 0 Å². The van der Waals surface area contributed by atoms with Crippen molar-refractivity contribution in [3.8, 4) is 0 Å². The van der Waals surface area contributed by atoms with Gasteiger partial charge in [0.05, 0.1) is 6.10 Å². The molecule has 0 saturated heterocycles. The second-order valence-corrected chi connectivity index (χ2v) is 4.87. The van der Waals surface area contributed by atoms with E-state index in [2.05, 4.69) is 26.0 Å². The van der Waals surface area contributed by atoms with Crippen molar-refractivity contribution in [3.63, 3.8) is 0 Å². The first-order valence-electron chi connectivity index (χ1n) is 5.93. The molecule has 15 heavy (non-hydrogen) atoms. The molecule has 1 aromatic rings. The monoisotopic (exact) mass is 204 g/mol. The van der Waals surface area contributed by atoms with Crippen LogP contribution < -0.4 is 0 Å². The first-order chi connectivity index (χ1) is 7.20. The number of aliphatic hydroxyl groups excluding tert-OH is 1. The lowest BCUT2D eigenvalue weighted by Gasteiger charge is -2.23. The summed E-state index contributed by atoms with van der Waals surface area (Å²) in [4.78, 5) is 0. The minimum Gasteiger partial charge on any atom is -0.388 e. The quantitative estimate of drug-likeness (QED) is 0.782. The van der Waals surface area contributed by atoms with Gasteiger partial charge in [0, 0.05) is 0 Å². The van der Waals surface area contributed by atoms with Crippen LogP contribution in [0, 0.1) is 18.8 Å². The summed E-state index contributed by atoms with van der Waals surface area (Å²) >= 11 is 0. The molecule has 1 N–H and O–H groups in total. The fourth-order valence-electron chi connectivity index (χ4n) is 2.79. The summed E-state index contributed by atoms with van der Waals surface area (Å²) in [6.45, 7) is 4.34. The lowest BCUT2D eigenvalue weighted by Crippen LogP contribution is -2.15. The molecule has 1 saturated carbocycles. The van der Waals surface area contributed by atoms with Crippen molar-refractivity contribution in [1.29, 1.82) is 0 Å². The van der Waals surface area contributed by atoms with Crippen LogP contribution in [0.25, 0.3) is 0 Å². The van der Waals surface area contributed by atoms with Gasteiger partial charge in [-0.05, 0) is 36.3 Å². The molecule has 0 spiro atoms. The molecule has 1 fully saturated rings. The Morgan fingerprint density at radius 3 is 2.60 bits per heavy atom. The highest BCUT2D eigenvalue weighted by atomic mass is 16.3. The average molecular weight is 204 g/mol. The summed E-state index contributed by atoms with van der Waals surface area (Å²) in [6.07, 6.45) is 3.46. The minimum absolute atomic E-state index is 0.260. The molecule has 1 heteroatoms. The second-order valence-electron chi connectivity index (χ2n) is 4.87. The van der Waals surface area contributed by atoms with Gasteiger partial charge in [-0.1, -0.05) is 44.0 Å². The average Bonchev–Trinajstić information content (AvgIpc) is 2.64. The Labute approximate surface area is 92.1 Å². The van der Waals surface area contributed by atoms with Crippen molar-refractivity contribution in [2.45, 2.75) is 39.2 Å². The van der Waals surface area contributed by atoms with Gasteiger partial charge in [-0.2, -0.15) is 0 Å². The molecule has 2 rings (SSSR count). The van der Waals surface area contributed by atoms with E-state index in [4.69, 9.17) is 0 Å². The number of aliphatic hydroxyl groups is 1. The molecular formula is C14H20O. The number of aryl methyl sites for hydroxylation is 1. The molecule has 0 aliphatic heterocycles. The molecule has 0 amide bonds. The molecular weight excluding hydrogens is 184 g/mol. The molecule has 0 aromatic heterocycles. The zero-order valence-electron chi connectivity index (χ0n) is 9.61. The lowest BCUT2D eigenvalue weighted by molar-refractivity contribution is 0.0895. The normalized spacial score (nSPS) is 27.9. The van der Waals surface area contributed by atoms with Crippen LogP contribution in [0.5, 0.6) is 0 Å². The summed E-state index contributed by atoms with van der Waals surface area (Å²) in [5.74, 6) is 1.13. The van der Waals surface area contributed by atoms with Gasteiger partial charge in [-0.25, -0.2) is 0 Å². The Morgan fingerprint density at radius 1 is 1.27 bits per heavy atom. The highest BCUT2D eigenvalue weighted by Crippen LogP contribution is 2.40.